The molecule has 94 valence electrons. The summed E-state index contributed by atoms with van der Waals surface area (Å²) in [5, 5.41) is 3.79. The highest BCUT2D eigenvalue weighted by atomic mass is 35.5. The fourth-order valence-corrected chi connectivity index (χ4v) is 2.20. The highest BCUT2D eigenvalue weighted by molar-refractivity contribution is 6.33. The SMILES string of the molecule is CNc1ccc(Cl)c(-c2ccc3ncccc3n2)c1. The maximum Gasteiger partial charge on any atom is 0.0894 e. The molecule has 1 N–H and O–H groups in total. The predicted octanol–water partition coefficient (Wildman–Crippen LogP) is 3.99. The number of hydrogen-bond donors (Lipinski definition) is 1. The van der Waals surface area contributed by atoms with Gasteiger partial charge in [-0.25, -0.2) is 4.98 Å². The molecule has 0 amide bonds. The van der Waals surface area contributed by atoms with E-state index >= 15 is 0 Å². The summed E-state index contributed by atoms with van der Waals surface area (Å²) in [6.07, 6.45) is 1.76. The van der Waals surface area contributed by atoms with E-state index in [1.165, 1.54) is 0 Å². The largest absolute Gasteiger partial charge is 0.388 e. The summed E-state index contributed by atoms with van der Waals surface area (Å²) in [6, 6.07) is 13.5. The van der Waals surface area contributed by atoms with Crippen molar-refractivity contribution in [2.45, 2.75) is 0 Å². The van der Waals surface area contributed by atoms with Gasteiger partial charge >= 0.3 is 0 Å². The zero-order valence-electron chi connectivity index (χ0n) is 10.4. The van der Waals surface area contributed by atoms with Gasteiger partial charge in [0, 0.05) is 24.5 Å². The lowest BCUT2D eigenvalue weighted by Gasteiger charge is -2.07. The lowest BCUT2D eigenvalue weighted by molar-refractivity contribution is 1.33. The van der Waals surface area contributed by atoms with Gasteiger partial charge in [0.1, 0.15) is 0 Å². The van der Waals surface area contributed by atoms with E-state index in [0.29, 0.717) is 5.02 Å². The molecule has 4 heteroatoms. The van der Waals surface area contributed by atoms with Crippen molar-refractivity contribution in [3.63, 3.8) is 0 Å². The number of halogens is 1. The summed E-state index contributed by atoms with van der Waals surface area (Å²) in [5.41, 5.74) is 4.52. The van der Waals surface area contributed by atoms with Crippen LogP contribution in [-0.2, 0) is 0 Å². The first-order valence-corrected chi connectivity index (χ1v) is 6.35. The van der Waals surface area contributed by atoms with Crippen LogP contribution in [0.3, 0.4) is 0 Å². The minimum absolute atomic E-state index is 0.690. The van der Waals surface area contributed by atoms with Crippen molar-refractivity contribution in [2.75, 3.05) is 12.4 Å². The number of hydrogen-bond acceptors (Lipinski definition) is 3. The molecule has 3 rings (SSSR count). The van der Waals surface area contributed by atoms with E-state index in [9.17, 15) is 0 Å². The Labute approximate surface area is 116 Å². The Balaban J connectivity index is 2.18. The predicted molar refractivity (Wildman–Crippen MR) is 79.5 cm³/mol. The lowest BCUT2D eigenvalue weighted by atomic mass is 10.1. The molecule has 3 aromatic rings. The van der Waals surface area contributed by atoms with E-state index in [-0.39, 0.29) is 0 Å². The van der Waals surface area contributed by atoms with Gasteiger partial charge in [-0.15, -0.1) is 0 Å². The van der Waals surface area contributed by atoms with Crippen molar-refractivity contribution in [3.8, 4) is 11.3 Å². The van der Waals surface area contributed by atoms with Crippen LogP contribution in [0.15, 0.2) is 48.7 Å². The van der Waals surface area contributed by atoms with Gasteiger partial charge in [0.25, 0.3) is 0 Å². The average Bonchev–Trinajstić information content (AvgIpc) is 2.47. The molecule has 0 aliphatic carbocycles. The monoisotopic (exact) mass is 269 g/mol. The molecule has 19 heavy (non-hydrogen) atoms. The van der Waals surface area contributed by atoms with Gasteiger partial charge in [-0.2, -0.15) is 0 Å². The molecular weight excluding hydrogens is 258 g/mol. The third kappa shape index (κ3) is 2.25. The van der Waals surface area contributed by atoms with Crippen molar-refractivity contribution in [1.82, 2.24) is 9.97 Å². The minimum Gasteiger partial charge on any atom is -0.388 e. The van der Waals surface area contributed by atoms with Crippen molar-refractivity contribution < 1.29 is 0 Å². The van der Waals surface area contributed by atoms with E-state index in [1.807, 2.05) is 49.5 Å². The number of nitrogens with one attached hydrogen (secondary N) is 1. The van der Waals surface area contributed by atoms with Crippen molar-refractivity contribution in [2.24, 2.45) is 0 Å². The summed E-state index contributed by atoms with van der Waals surface area (Å²) in [6.45, 7) is 0. The standard InChI is InChI=1S/C15H12ClN3/c1-17-10-4-5-12(16)11(9-10)13-6-7-14-15(19-13)3-2-8-18-14/h2-9,17H,1H3. The Hall–Kier alpha value is -2.13. The number of anilines is 1. The van der Waals surface area contributed by atoms with Crippen LogP contribution in [0.2, 0.25) is 5.02 Å². The Morgan fingerprint density at radius 2 is 1.95 bits per heavy atom. The fraction of sp³-hybridized carbons (Fsp3) is 0.0667. The molecule has 0 atom stereocenters. The van der Waals surface area contributed by atoms with E-state index in [4.69, 9.17) is 11.6 Å². The summed E-state index contributed by atoms with van der Waals surface area (Å²) in [5.74, 6) is 0. The zero-order chi connectivity index (χ0) is 13.2. The molecule has 1 aromatic carbocycles. The van der Waals surface area contributed by atoms with Crippen LogP contribution in [0, 0.1) is 0 Å². The van der Waals surface area contributed by atoms with E-state index < -0.39 is 0 Å². The highest BCUT2D eigenvalue weighted by Gasteiger charge is 2.07. The molecule has 0 fully saturated rings. The Bertz CT molecular complexity index is 740. The van der Waals surface area contributed by atoms with Gasteiger partial charge in [-0.1, -0.05) is 11.6 Å². The van der Waals surface area contributed by atoms with Gasteiger partial charge in [-0.05, 0) is 42.5 Å². The summed E-state index contributed by atoms with van der Waals surface area (Å²) in [4.78, 5) is 8.87. The van der Waals surface area contributed by atoms with Crippen molar-refractivity contribution in [1.29, 1.82) is 0 Å². The van der Waals surface area contributed by atoms with Crippen LogP contribution in [0.25, 0.3) is 22.3 Å². The quantitative estimate of drug-likeness (QED) is 0.764. The van der Waals surface area contributed by atoms with Crippen LogP contribution in [0.1, 0.15) is 0 Å². The molecule has 0 aliphatic rings. The first-order valence-electron chi connectivity index (χ1n) is 5.97. The number of aromatic nitrogens is 2. The number of fused-ring (bicyclic) bond motifs is 1. The first kappa shape index (κ1) is 11.9. The average molecular weight is 270 g/mol. The van der Waals surface area contributed by atoms with E-state index in [0.717, 1.165) is 28.0 Å². The molecule has 0 bridgehead atoms. The van der Waals surface area contributed by atoms with Gasteiger partial charge in [-0.3, -0.25) is 4.98 Å². The maximum absolute atomic E-state index is 6.26. The van der Waals surface area contributed by atoms with Crippen LogP contribution < -0.4 is 5.32 Å². The third-order valence-electron chi connectivity index (χ3n) is 2.99. The molecule has 2 aromatic heterocycles. The molecule has 0 saturated heterocycles. The normalized spacial score (nSPS) is 10.6. The fourth-order valence-electron chi connectivity index (χ4n) is 1.98. The molecular formula is C15H12ClN3. The van der Waals surface area contributed by atoms with E-state index in [1.54, 1.807) is 6.20 Å². The van der Waals surface area contributed by atoms with E-state index in [2.05, 4.69) is 15.3 Å². The minimum atomic E-state index is 0.690. The Kier molecular flexibility index (Phi) is 3.05. The van der Waals surface area contributed by atoms with Crippen LogP contribution in [0.5, 0.6) is 0 Å². The highest BCUT2D eigenvalue weighted by Crippen LogP contribution is 2.30. The lowest BCUT2D eigenvalue weighted by Crippen LogP contribution is -1.91. The Morgan fingerprint density at radius 1 is 1.05 bits per heavy atom. The second-order valence-corrected chi connectivity index (χ2v) is 4.59. The Morgan fingerprint density at radius 3 is 2.79 bits per heavy atom. The van der Waals surface area contributed by atoms with Crippen LogP contribution in [0.4, 0.5) is 5.69 Å². The molecule has 0 radical (unpaired) electrons. The number of nitrogens with zero attached hydrogens (tertiary/aromatic N) is 2. The van der Waals surface area contributed by atoms with Gasteiger partial charge in [0.05, 0.1) is 21.7 Å². The van der Waals surface area contributed by atoms with Crippen molar-refractivity contribution >= 4 is 28.3 Å². The molecule has 0 aliphatic heterocycles. The first-order chi connectivity index (χ1) is 9.28. The summed E-state index contributed by atoms with van der Waals surface area (Å²) >= 11 is 6.26. The molecule has 0 saturated carbocycles. The van der Waals surface area contributed by atoms with Crippen LogP contribution in [-0.4, -0.2) is 17.0 Å². The maximum atomic E-state index is 6.26. The van der Waals surface area contributed by atoms with Crippen molar-refractivity contribution in [3.05, 3.63) is 53.7 Å². The second-order valence-electron chi connectivity index (χ2n) is 4.18. The van der Waals surface area contributed by atoms with Gasteiger partial charge in [0.15, 0.2) is 0 Å². The molecule has 0 spiro atoms. The molecule has 0 unspecified atom stereocenters. The summed E-state index contributed by atoms with van der Waals surface area (Å²) in [7, 11) is 1.88. The van der Waals surface area contributed by atoms with Gasteiger partial charge in [0.2, 0.25) is 0 Å². The smallest absolute Gasteiger partial charge is 0.0894 e. The topological polar surface area (TPSA) is 37.8 Å². The third-order valence-corrected chi connectivity index (χ3v) is 3.32. The van der Waals surface area contributed by atoms with Crippen LogP contribution >= 0.6 is 11.6 Å². The number of rotatable bonds is 2. The zero-order valence-corrected chi connectivity index (χ0v) is 11.1. The summed E-state index contributed by atoms with van der Waals surface area (Å²) < 4.78 is 0. The molecule has 2 heterocycles. The molecule has 3 nitrogen and oxygen atoms in total. The second kappa shape index (κ2) is 4.86. The number of pyridine rings is 2. The van der Waals surface area contributed by atoms with Gasteiger partial charge < -0.3 is 5.32 Å². The number of benzene rings is 1.